The van der Waals surface area contributed by atoms with E-state index in [4.69, 9.17) is 9.47 Å². The van der Waals surface area contributed by atoms with Gasteiger partial charge >= 0.3 is 6.09 Å². The van der Waals surface area contributed by atoms with Crippen LogP contribution >= 0.6 is 22.6 Å². The van der Waals surface area contributed by atoms with Crippen LogP contribution in [0.4, 0.5) is 10.5 Å². The molecule has 0 saturated heterocycles. The maximum atomic E-state index is 12.8. The number of benzene rings is 2. The molecule has 0 fully saturated rings. The molecular formula is C22H27IN2O4. The van der Waals surface area contributed by atoms with Crippen LogP contribution in [0.1, 0.15) is 27.7 Å². The van der Waals surface area contributed by atoms with Gasteiger partial charge in [0.1, 0.15) is 23.7 Å². The summed E-state index contributed by atoms with van der Waals surface area (Å²) in [6.07, 6.45) is 0.121. The number of hydrogen-bond donors (Lipinski definition) is 0. The summed E-state index contributed by atoms with van der Waals surface area (Å²) in [4.78, 5) is 24.3. The van der Waals surface area contributed by atoms with Gasteiger partial charge in [-0.25, -0.2) is 9.80 Å². The monoisotopic (exact) mass is 510 g/mol. The third kappa shape index (κ3) is 5.85. The third-order valence-electron chi connectivity index (χ3n) is 4.18. The highest BCUT2D eigenvalue weighted by Gasteiger charge is 2.30. The first kappa shape index (κ1) is 23.0. The quantitative estimate of drug-likeness (QED) is 0.306. The molecule has 0 aliphatic rings. The fourth-order valence-corrected chi connectivity index (χ4v) is 3.37. The number of anilines is 1. The average molecular weight is 510 g/mol. The molecule has 0 heterocycles. The molecule has 2 aromatic carbocycles. The predicted molar refractivity (Wildman–Crippen MR) is 123 cm³/mol. The van der Waals surface area contributed by atoms with Crippen LogP contribution < -0.4 is 9.75 Å². The van der Waals surface area contributed by atoms with Crippen LogP contribution in [0.2, 0.25) is 0 Å². The van der Waals surface area contributed by atoms with Crippen molar-refractivity contribution in [3.8, 4) is 16.9 Å². The Labute approximate surface area is 185 Å². The highest BCUT2D eigenvalue weighted by molar-refractivity contribution is 14.1. The number of hydrazine groups is 1. The lowest BCUT2D eigenvalue weighted by atomic mass is 10.0. The van der Waals surface area contributed by atoms with Crippen molar-refractivity contribution in [2.75, 3.05) is 19.2 Å². The summed E-state index contributed by atoms with van der Waals surface area (Å²) in [6.45, 7) is 7.02. The van der Waals surface area contributed by atoms with Crippen LogP contribution in [-0.4, -0.2) is 43.2 Å². The van der Waals surface area contributed by atoms with Crippen molar-refractivity contribution >= 4 is 40.7 Å². The fourth-order valence-electron chi connectivity index (χ4n) is 2.83. The number of ether oxygens (including phenoxy) is 2. The number of halogens is 1. The number of methoxy groups -OCH3 is 1. The van der Waals surface area contributed by atoms with Gasteiger partial charge in [0, 0.05) is 16.2 Å². The zero-order valence-electron chi connectivity index (χ0n) is 17.6. The number of carbonyl (C=O) groups is 2. The van der Waals surface area contributed by atoms with Gasteiger partial charge in [-0.05, 0) is 86.2 Å². The Balaban J connectivity index is 2.48. The van der Waals surface area contributed by atoms with E-state index in [9.17, 15) is 9.59 Å². The van der Waals surface area contributed by atoms with E-state index in [-0.39, 0.29) is 0 Å². The SMILES string of the molecule is COc1ccc(N(C)N(C(=O)OC(C)(C)C)[C@@H](C)C=O)cc1-c1cccc(I)c1. The van der Waals surface area contributed by atoms with E-state index in [1.54, 1.807) is 46.9 Å². The number of nitrogens with zero attached hydrogens (tertiary/aromatic N) is 2. The van der Waals surface area contributed by atoms with E-state index in [1.165, 1.54) is 5.01 Å². The van der Waals surface area contributed by atoms with Crippen molar-refractivity contribution in [3.63, 3.8) is 0 Å². The molecule has 0 aliphatic heterocycles. The summed E-state index contributed by atoms with van der Waals surface area (Å²) < 4.78 is 12.1. The molecule has 0 N–H and O–H groups in total. The second-order valence-corrected chi connectivity index (χ2v) is 8.87. The summed E-state index contributed by atoms with van der Waals surface area (Å²) in [5.74, 6) is 0.719. The molecule has 0 aromatic heterocycles. The first-order chi connectivity index (χ1) is 13.6. The predicted octanol–water partition coefficient (Wildman–Crippen LogP) is 5.14. The molecule has 156 valence electrons. The van der Waals surface area contributed by atoms with E-state index >= 15 is 0 Å². The minimum Gasteiger partial charge on any atom is -0.496 e. The van der Waals surface area contributed by atoms with Crippen molar-refractivity contribution in [1.29, 1.82) is 0 Å². The van der Waals surface area contributed by atoms with Crippen molar-refractivity contribution < 1.29 is 19.1 Å². The van der Waals surface area contributed by atoms with Crippen molar-refractivity contribution in [3.05, 3.63) is 46.0 Å². The van der Waals surface area contributed by atoms with Crippen LogP contribution in [0.5, 0.6) is 5.75 Å². The lowest BCUT2D eigenvalue weighted by molar-refractivity contribution is -0.112. The van der Waals surface area contributed by atoms with E-state index in [1.807, 2.05) is 36.4 Å². The summed E-state index contributed by atoms with van der Waals surface area (Å²) in [5.41, 5.74) is 1.93. The molecule has 1 amide bonds. The number of aldehydes is 1. The van der Waals surface area contributed by atoms with Gasteiger partial charge in [-0.15, -0.1) is 0 Å². The van der Waals surface area contributed by atoms with E-state index in [0.717, 1.165) is 26.1 Å². The minimum absolute atomic E-state index is 0.591. The van der Waals surface area contributed by atoms with Gasteiger partial charge in [-0.1, -0.05) is 12.1 Å². The Morgan fingerprint density at radius 1 is 1.17 bits per heavy atom. The molecule has 7 heteroatoms. The number of hydrogen-bond acceptors (Lipinski definition) is 5. The number of rotatable bonds is 6. The lowest BCUT2D eigenvalue weighted by Crippen LogP contribution is -2.52. The smallest absolute Gasteiger partial charge is 0.429 e. The molecule has 2 aromatic rings. The summed E-state index contributed by atoms with van der Waals surface area (Å²) in [6, 6.07) is 13.0. The van der Waals surface area contributed by atoms with Crippen LogP contribution in [0.3, 0.4) is 0 Å². The number of amides is 1. The Hall–Kier alpha value is -2.29. The maximum absolute atomic E-state index is 12.8. The van der Waals surface area contributed by atoms with Gasteiger partial charge in [-0.3, -0.25) is 5.01 Å². The van der Waals surface area contributed by atoms with Gasteiger partial charge in [-0.2, -0.15) is 0 Å². The third-order valence-corrected chi connectivity index (χ3v) is 4.85. The Morgan fingerprint density at radius 3 is 2.41 bits per heavy atom. The highest BCUT2D eigenvalue weighted by atomic mass is 127. The van der Waals surface area contributed by atoms with Crippen LogP contribution in [0.25, 0.3) is 11.1 Å². The van der Waals surface area contributed by atoms with E-state index < -0.39 is 17.7 Å². The molecule has 0 spiro atoms. The first-order valence-electron chi connectivity index (χ1n) is 9.22. The highest BCUT2D eigenvalue weighted by Crippen LogP contribution is 2.35. The first-order valence-corrected chi connectivity index (χ1v) is 10.3. The van der Waals surface area contributed by atoms with Gasteiger partial charge in [0.05, 0.1) is 12.8 Å². The van der Waals surface area contributed by atoms with Gasteiger partial charge < -0.3 is 14.3 Å². The summed E-state index contributed by atoms with van der Waals surface area (Å²) >= 11 is 2.26. The molecule has 0 unspecified atom stereocenters. The fraction of sp³-hybridized carbons (Fsp3) is 0.364. The van der Waals surface area contributed by atoms with Gasteiger partial charge in [0.25, 0.3) is 0 Å². The molecule has 29 heavy (non-hydrogen) atoms. The van der Waals surface area contributed by atoms with Gasteiger partial charge in [0.2, 0.25) is 0 Å². The van der Waals surface area contributed by atoms with E-state index in [2.05, 4.69) is 28.7 Å². The second kappa shape index (κ2) is 9.47. The number of carbonyl (C=O) groups excluding carboxylic acids is 2. The van der Waals surface area contributed by atoms with E-state index in [0.29, 0.717) is 6.29 Å². The summed E-state index contributed by atoms with van der Waals surface area (Å²) in [5, 5.41) is 2.93. The molecule has 0 saturated carbocycles. The van der Waals surface area contributed by atoms with Crippen molar-refractivity contribution in [1.82, 2.24) is 5.01 Å². The Kier molecular flexibility index (Phi) is 7.51. The van der Waals surface area contributed by atoms with Gasteiger partial charge in [0.15, 0.2) is 0 Å². The molecule has 0 bridgehead atoms. The van der Waals surface area contributed by atoms with Crippen molar-refractivity contribution in [2.45, 2.75) is 39.3 Å². The topological polar surface area (TPSA) is 59.1 Å². The summed E-state index contributed by atoms with van der Waals surface area (Å²) in [7, 11) is 3.35. The molecular weight excluding hydrogens is 483 g/mol. The van der Waals surface area contributed by atoms with Crippen LogP contribution in [-0.2, 0) is 9.53 Å². The normalized spacial score (nSPS) is 12.1. The van der Waals surface area contributed by atoms with Crippen molar-refractivity contribution in [2.24, 2.45) is 0 Å². The second-order valence-electron chi connectivity index (χ2n) is 7.62. The zero-order chi connectivity index (χ0) is 21.8. The minimum atomic E-state index is -0.696. The molecule has 0 aliphatic carbocycles. The standard InChI is InChI=1S/C22H27IN2O4/c1-15(14-26)25(21(27)29-22(2,3)4)24(5)18-10-11-20(28-6)19(13-18)16-8-7-9-17(23)12-16/h7-15H,1-6H3/t15-/m0/s1. The molecule has 6 nitrogen and oxygen atoms in total. The van der Waals surface area contributed by atoms with Crippen LogP contribution in [0, 0.1) is 3.57 Å². The van der Waals surface area contributed by atoms with Crippen LogP contribution in [0.15, 0.2) is 42.5 Å². The maximum Gasteiger partial charge on any atom is 0.429 e. The zero-order valence-corrected chi connectivity index (χ0v) is 19.8. The largest absolute Gasteiger partial charge is 0.496 e. The average Bonchev–Trinajstić information content (AvgIpc) is 2.65. The Bertz CT molecular complexity index is 879. The molecule has 1 atom stereocenters. The molecule has 2 rings (SSSR count). The Morgan fingerprint density at radius 2 is 1.86 bits per heavy atom. The lowest BCUT2D eigenvalue weighted by Gasteiger charge is -2.37. The molecule has 0 radical (unpaired) electrons.